The molecule has 5 rings (SSSR count). The van der Waals surface area contributed by atoms with Crippen LogP contribution in [0.5, 0.6) is 0 Å². The minimum Gasteiger partial charge on any atom is -0.349 e. The number of carbonyl (C=O) groups excluding carboxylic acids is 1. The van der Waals surface area contributed by atoms with E-state index in [-0.39, 0.29) is 11.9 Å². The fraction of sp³-hybridized carbons (Fsp3) is 0.367. The zero-order chi connectivity index (χ0) is 25.1. The first-order valence-electron chi connectivity index (χ1n) is 12.9. The molecule has 1 saturated carbocycles. The van der Waals surface area contributed by atoms with Gasteiger partial charge in [0.25, 0.3) is 5.91 Å². The predicted molar refractivity (Wildman–Crippen MR) is 147 cm³/mol. The van der Waals surface area contributed by atoms with Crippen LogP contribution < -0.4 is 5.32 Å². The molecular formula is C30H34N4OS. The predicted octanol–water partition coefficient (Wildman–Crippen LogP) is 6.63. The average molecular weight is 499 g/mol. The molecule has 186 valence electrons. The van der Waals surface area contributed by atoms with Gasteiger partial charge in [0.1, 0.15) is 0 Å². The van der Waals surface area contributed by atoms with Gasteiger partial charge < -0.3 is 9.88 Å². The summed E-state index contributed by atoms with van der Waals surface area (Å²) in [6.45, 7) is 7.43. The number of amides is 1. The van der Waals surface area contributed by atoms with Gasteiger partial charge in [-0.2, -0.15) is 0 Å². The van der Waals surface area contributed by atoms with Crippen molar-refractivity contribution in [2.45, 2.75) is 63.5 Å². The van der Waals surface area contributed by atoms with E-state index in [4.69, 9.17) is 4.98 Å². The van der Waals surface area contributed by atoms with Crippen LogP contribution in [0.15, 0.2) is 72.1 Å². The molecule has 1 amide bonds. The summed E-state index contributed by atoms with van der Waals surface area (Å²) in [7, 11) is 0. The first-order valence-corrected chi connectivity index (χ1v) is 13.8. The summed E-state index contributed by atoms with van der Waals surface area (Å²) < 4.78 is 2.25. The lowest BCUT2D eigenvalue weighted by Gasteiger charge is -2.34. The van der Waals surface area contributed by atoms with Crippen molar-refractivity contribution in [1.29, 1.82) is 0 Å². The Morgan fingerprint density at radius 1 is 1.08 bits per heavy atom. The van der Waals surface area contributed by atoms with Crippen molar-refractivity contribution in [3.8, 4) is 0 Å². The number of carbonyl (C=O) groups is 1. The van der Waals surface area contributed by atoms with Crippen LogP contribution in [0.2, 0.25) is 0 Å². The van der Waals surface area contributed by atoms with Crippen LogP contribution in [0.4, 0.5) is 0 Å². The quantitative estimate of drug-likeness (QED) is 0.290. The van der Waals surface area contributed by atoms with E-state index in [1.54, 1.807) is 18.0 Å². The molecule has 0 radical (unpaired) electrons. The third-order valence-electron chi connectivity index (χ3n) is 7.55. The van der Waals surface area contributed by atoms with Gasteiger partial charge in [0, 0.05) is 23.6 Å². The lowest BCUT2D eigenvalue weighted by atomic mass is 9.78. The lowest BCUT2D eigenvalue weighted by molar-refractivity contribution is 0.0891. The fourth-order valence-electron chi connectivity index (χ4n) is 5.14. The summed E-state index contributed by atoms with van der Waals surface area (Å²) in [4.78, 5) is 22.1. The van der Waals surface area contributed by atoms with Gasteiger partial charge in [-0.05, 0) is 54.5 Å². The maximum atomic E-state index is 12.9. The van der Waals surface area contributed by atoms with Crippen molar-refractivity contribution in [3.05, 3.63) is 89.2 Å². The highest BCUT2D eigenvalue weighted by Gasteiger charge is 2.28. The Kier molecular flexibility index (Phi) is 7.42. The van der Waals surface area contributed by atoms with Crippen LogP contribution in [0.3, 0.4) is 0 Å². The van der Waals surface area contributed by atoms with E-state index in [9.17, 15) is 4.79 Å². The molecule has 0 saturated heterocycles. The van der Waals surface area contributed by atoms with Gasteiger partial charge in [-0.1, -0.05) is 80.4 Å². The Morgan fingerprint density at radius 2 is 1.92 bits per heavy atom. The number of thioether (sulfide) groups is 1. The SMILES string of the molecule is Cc1cccc(Cn2c(SCc3ccc(C(=O)NC4CCCC(C)C4C)cc3)nc3ccncc32)c1. The van der Waals surface area contributed by atoms with Crippen molar-refractivity contribution < 1.29 is 4.79 Å². The van der Waals surface area contributed by atoms with Crippen molar-refractivity contribution in [2.24, 2.45) is 11.8 Å². The first-order chi connectivity index (χ1) is 17.5. The summed E-state index contributed by atoms with van der Waals surface area (Å²) in [6.07, 6.45) is 7.21. The summed E-state index contributed by atoms with van der Waals surface area (Å²) in [6, 6.07) is 18.8. The molecule has 1 aliphatic carbocycles. The van der Waals surface area contributed by atoms with Gasteiger partial charge in [-0.3, -0.25) is 9.78 Å². The summed E-state index contributed by atoms with van der Waals surface area (Å²) in [5, 5.41) is 4.25. The van der Waals surface area contributed by atoms with Crippen molar-refractivity contribution >= 4 is 28.7 Å². The van der Waals surface area contributed by atoms with E-state index in [0.29, 0.717) is 11.8 Å². The Hall–Kier alpha value is -3.12. The lowest BCUT2D eigenvalue weighted by Crippen LogP contribution is -2.43. The molecule has 1 N–H and O–H groups in total. The van der Waals surface area contributed by atoms with E-state index in [1.165, 1.54) is 29.5 Å². The first kappa shape index (κ1) is 24.6. The molecule has 2 aromatic carbocycles. The van der Waals surface area contributed by atoms with Crippen LogP contribution >= 0.6 is 11.8 Å². The molecule has 0 bridgehead atoms. The molecule has 0 spiro atoms. The Bertz CT molecular complexity index is 1350. The van der Waals surface area contributed by atoms with Gasteiger partial charge in [0.2, 0.25) is 0 Å². The highest BCUT2D eigenvalue weighted by Crippen LogP contribution is 2.30. The van der Waals surface area contributed by atoms with Gasteiger partial charge in [0.05, 0.1) is 23.8 Å². The third kappa shape index (κ3) is 5.49. The monoisotopic (exact) mass is 498 g/mol. The van der Waals surface area contributed by atoms with Crippen LogP contribution in [0, 0.1) is 18.8 Å². The van der Waals surface area contributed by atoms with E-state index in [1.807, 2.05) is 24.4 Å². The minimum atomic E-state index is 0.0348. The highest BCUT2D eigenvalue weighted by atomic mass is 32.2. The number of imidazole rings is 1. The van der Waals surface area contributed by atoms with E-state index >= 15 is 0 Å². The molecule has 36 heavy (non-hydrogen) atoms. The van der Waals surface area contributed by atoms with Crippen LogP contribution in [0.25, 0.3) is 11.0 Å². The number of aromatic nitrogens is 3. The number of pyridine rings is 1. The Labute approximate surface area is 217 Å². The molecule has 3 atom stereocenters. The zero-order valence-corrected chi connectivity index (χ0v) is 22.1. The maximum Gasteiger partial charge on any atom is 0.251 e. The van der Waals surface area contributed by atoms with Gasteiger partial charge in [-0.25, -0.2) is 4.98 Å². The summed E-state index contributed by atoms with van der Waals surface area (Å²) in [5.41, 5.74) is 6.39. The van der Waals surface area contributed by atoms with Crippen molar-refractivity contribution in [1.82, 2.24) is 19.9 Å². The number of aryl methyl sites for hydroxylation is 1. The summed E-state index contributed by atoms with van der Waals surface area (Å²) >= 11 is 1.72. The van der Waals surface area contributed by atoms with Gasteiger partial charge in [0.15, 0.2) is 5.16 Å². The molecule has 1 fully saturated rings. The number of rotatable bonds is 7. The molecule has 2 aromatic heterocycles. The molecule has 0 aliphatic heterocycles. The van der Waals surface area contributed by atoms with E-state index in [2.05, 4.69) is 72.0 Å². The molecule has 2 heterocycles. The molecule has 5 nitrogen and oxygen atoms in total. The van der Waals surface area contributed by atoms with Crippen LogP contribution in [-0.2, 0) is 12.3 Å². The molecule has 1 aliphatic rings. The van der Waals surface area contributed by atoms with E-state index < -0.39 is 0 Å². The van der Waals surface area contributed by atoms with Crippen LogP contribution in [0.1, 0.15) is 60.2 Å². The number of nitrogens with one attached hydrogen (secondary N) is 1. The second-order valence-corrected chi connectivity index (χ2v) is 11.1. The second-order valence-electron chi connectivity index (χ2n) is 10.2. The fourth-order valence-corrected chi connectivity index (χ4v) is 6.11. The largest absolute Gasteiger partial charge is 0.349 e. The standard InChI is InChI=1S/C30H34N4OS/c1-20-6-4-8-24(16-20)18-34-28-17-31-15-14-27(28)33-30(34)36-19-23-10-12-25(13-11-23)29(35)32-26-9-5-7-21(2)22(26)3/h4,6,8,10-17,21-22,26H,5,7,9,18-19H2,1-3H3,(H,32,35). The molecular weight excluding hydrogens is 464 g/mol. The third-order valence-corrected chi connectivity index (χ3v) is 8.59. The van der Waals surface area contributed by atoms with Crippen molar-refractivity contribution in [3.63, 3.8) is 0 Å². The molecule has 4 aromatic rings. The molecule has 3 unspecified atom stereocenters. The zero-order valence-electron chi connectivity index (χ0n) is 21.3. The number of hydrogen-bond acceptors (Lipinski definition) is 4. The Morgan fingerprint density at radius 3 is 2.72 bits per heavy atom. The van der Waals surface area contributed by atoms with Crippen molar-refractivity contribution in [2.75, 3.05) is 0 Å². The second kappa shape index (κ2) is 10.9. The van der Waals surface area contributed by atoms with E-state index in [0.717, 1.165) is 40.5 Å². The van der Waals surface area contributed by atoms with Gasteiger partial charge >= 0.3 is 0 Å². The number of benzene rings is 2. The maximum absolute atomic E-state index is 12.9. The highest BCUT2D eigenvalue weighted by molar-refractivity contribution is 7.98. The number of nitrogens with zero attached hydrogens (tertiary/aromatic N) is 3. The molecule has 6 heteroatoms. The average Bonchev–Trinajstić information content (AvgIpc) is 3.23. The van der Waals surface area contributed by atoms with Gasteiger partial charge in [-0.15, -0.1) is 0 Å². The minimum absolute atomic E-state index is 0.0348. The normalized spacial score (nSPS) is 19.9. The van der Waals surface area contributed by atoms with Crippen LogP contribution in [-0.4, -0.2) is 26.5 Å². The Balaban J connectivity index is 1.27. The smallest absolute Gasteiger partial charge is 0.251 e. The number of fused-ring (bicyclic) bond motifs is 1. The number of hydrogen-bond donors (Lipinski definition) is 1. The summed E-state index contributed by atoms with van der Waals surface area (Å²) in [5.74, 6) is 2.00. The topological polar surface area (TPSA) is 59.8 Å².